The minimum Gasteiger partial charge on any atom is -0.472 e. The van der Waals surface area contributed by atoms with E-state index in [0.29, 0.717) is 11.4 Å². The van der Waals surface area contributed by atoms with Crippen molar-refractivity contribution < 1.29 is 9.53 Å². The number of pyridine rings is 1. The van der Waals surface area contributed by atoms with Crippen molar-refractivity contribution in [3.63, 3.8) is 0 Å². The Bertz CT molecular complexity index is 310. The third kappa shape index (κ3) is 1.84. The minimum absolute atomic E-state index is 0.203. The van der Waals surface area contributed by atoms with Crippen LogP contribution in [0.1, 0.15) is 10.4 Å². The molecule has 0 unspecified atom stereocenters. The Labute approximate surface area is 75.9 Å². The molecule has 0 aliphatic carbocycles. The van der Waals surface area contributed by atoms with Crippen molar-refractivity contribution in [2.75, 3.05) is 13.1 Å². The lowest BCUT2D eigenvalue weighted by Crippen LogP contribution is -2.50. The van der Waals surface area contributed by atoms with Crippen LogP contribution >= 0.6 is 0 Å². The van der Waals surface area contributed by atoms with Crippen molar-refractivity contribution in [3.8, 4) is 5.88 Å². The Hall–Kier alpha value is -1.42. The van der Waals surface area contributed by atoms with E-state index in [0.717, 1.165) is 19.4 Å². The average molecular weight is 178 g/mol. The van der Waals surface area contributed by atoms with E-state index >= 15 is 0 Å². The third-order valence-corrected chi connectivity index (χ3v) is 1.93. The molecular formula is C9H10N2O2. The van der Waals surface area contributed by atoms with E-state index in [1.165, 1.54) is 0 Å². The Kier molecular flexibility index (Phi) is 2.23. The van der Waals surface area contributed by atoms with Crippen molar-refractivity contribution in [2.24, 2.45) is 0 Å². The molecule has 0 radical (unpaired) electrons. The van der Waals surface area contributed by atoms with Gasteiger partial charge in [0.25, 0.3) is 0 Å². The summed E-state index contributed by atoms with van der Waals surface area (Å²) in [5, 5.41) is 3.09. The summed E-state index contributed by atoms with van der Waals surface area (Å²) in [7, 11) is 0. The molecule has 0 atom stereocenters. The van der Waals surface area contributed by atoms with Crippen LogP contribution in [0.25, 0.3) is 0 Å². The molecule has 2 rings (SSSR count). The van der Waals surface area contributed by atoms with Crippen molar-refractivity contribution in [3.05, 3.63) is 23.9 Å². The fraction of sp³-hybridized carbons (Fsp3) is 0.333. The Morgan fingerprint density at radius 2 is 2.46 bits per heavy atom. The van der Waals surface area contributed by atoms with Crippen molar-refractivity contribution in [2.45, 2.75) is 6.10 Å². The molecule has 1 saturated heterocycles. The number of rotatable bonds is 3. The maximum atomic E-state index is 10.4. The van der Waals surface area contributed by atoms with Crippen LogP contribution in [0.3, 0.4) is 0 Å². The Morgan fingerprint density at radius 3 is 3.08 bits per heavy atom. The zero-order chi connectivity index (χ0) is 9.10. The van der Waals surface area contributed by atoms with Gasteiger partial charge in [0.2, 0.25) is 5.88 Å². The number of hydrogen-bond acceptors (Lipinski definition) is 4. The molecule has 1 aliphatic heterocycles. The van der Waals surface area contributed by atoms with Crippen LogP contribution in [0, 0.1) is 0 Å². The summed E-state index contributed by atoms with van der Waals surface area (Å²) in [4.78, 5) is 14.4. The van der Waals surface area contributed by atoms with Gasteiger partial charge in [-0.2, -0.15) is 0 Å². The number of hydrogen-bond donors (Lipinski definition) is 1. The molecule has 1 N–H and O–H groups in total. The molecule has 1 aromatic heterocycles. The normalized spacial score (nSPS) is 16.3. The molecule has 0 aromatic carbocycles. The SMILES string of the molecule is O=Cc1ccnc(OC2CNC2)c1. The molecule has 0 bridgehead atoms. The predicted octanol–water partition coefficient (Wildman–Crippen LogP) is 0.245. The molecule has 1 fully saturated rings. The highest BCUT2D eigenvalue weighted by atomic mass is 16.5. The van der Waals surface area contributed by atoms with E-state index in [-0.39, 0.29) is 6.10 Å². The number of nitrogens with one attached hydrogen (secondary N) is 1. The minimum atomic E-state index is 0.203. The molecule has 0 spiro atoms. The van der Waals surface area contributed by atoms with Crippen molar-refractivity contribution in [1.82, 2.24) is 10.3 Å². The first-order valence-corrected chi connectivity index (χ1v) is 4.17. The summed E-state index contributed by atoms with van der Waals surface area (Å²) in [5.41, 5.74) is 0.595. The van der Waals surface area contributed by atoms with E-state index < -0.39 is 0 Å². The van der Waals surface area contributed by atoms with Crippen LogP contribution in [-0.2, 0) is 0 Å². The second kappa shape index (κ2) is 3.53. The van der Waals surface area contributed by atoms with Gasteiger partial charge in [-0.25, -0.2) is 4.98 Å². The van der Waals surface area contributed by atoms with Gasteiger partial charge in [0.15, 0.2) is 0 Å². The number of carbonyl (C=O) groups is 1. The summed E-state index contributed by atoms with van der Waals surface area (Å²) in [5.74, 6) is 0.524. The molecule has 1 aromatic rings. The maximum Gasteiger partial charge on any atom is 0.214 e. The van der Waals surface area contributed by atoms with Crippen LogP contribution in [-0.4, -0.2) is 30.5 Å². The van der Waals surface area contributed by atoms with Crippen LogP contribution in [0.2, 0.25) is 0 Å². The van der Waals surface area contributed by atoms with E-state index in [4.69, 9.17) is 4.74 Å². The Balaban J connectivity index is 2.05. The summed E-state index contributed by atoms with van der Waals surface area (Å²) in [6, 6.07) is 3.30. The number of carbonyl (C=O) groups excluding carboxylic acids is 1. The fourth-order valence-electron chi connectivity index (χ4n) is 1.08. The number of ether oxygens (including phenoxy) is 1. The van der Waals surface area contributed by atoms with Gasteiger partial charge in [-0.1, -0.05) is 0 Å². The quantitative estimate of drug-likeness (QED) is 0.674. The van der Waals surface area contributed by atoms with Crippen LogP contribution in [0.5, 0.6) is 5.88 Å². The number of aldehydes is 1. The second-order valence-corrected chi connectivity index (χ2v) is 2.94. The summed E-state index contributed by atoms with van der Waals surface area (Å²) >= 11 is 0. The van der Waals surface area contributed by atoms with E-state index in [1.54, 1.807) is 18.3 Å². The molecular weight excluding hydrogens is 168 g/mol. The van der Waals surface area contributed by atoms with Crippen LogP contribution < -0.4 is 10.1 Å². The smallest absolute Gasteiger partial charge is 0.214 e. The number of aromatic nitrogens is 1. The zero-order valence-electron chi connectivity index (χ0n) is 7.06. The lowest BCUT2D eigenvalue weighted by atomic mass is 10.2. The highest BCUT2D eigenvalue weighted by Gasteiger charge is 2.18. The molecule has 0 saturated carbocycles. The van der Waals surface area contributed by atoms with Crippen LogP contribution in [0.4, 0.5) is 0 Å². The zero-order valence-corrected chi connectivity index (χ0v) is 7.06. The highest BCUT2D eigenvalue weighted by Crippen LogP contribution is 2.11. The average Bonchev–Trinajstić information content (AvgIpc) is 2.12. The monoisotopic (exact) mass is 178 g/mol. The van der Waals surface area contributed by atoms with E-state index in [2.05, 4.69) is 10.3 Å². The van der Waals surface area contributed by atoms with Gasteiger partial charge in [-0.05, 0) is 6.07 Å². The second-order valence-electron chi connectivity index (χ2n) is 2.94. The first-order valence-electron chi connectivity index (χ1n) is 4.17. The molecule has 1 aliphatic rings. The van der Waals surface area contributed by atoms with Crippen LogP contribution in [0.15, 0.2) is 18.3 Å². The predicted molar refractivity (Wildman–Crippen MR) is 46.9 cm³/mol. The van der Waals surface area contributed by atoms with Crippen molar-refractivity contribution >= 4 is 6.29 Å². The first kappa shape index (κ1) is 8.19. The van der Waals surface area contributed by atoms with Gasteiger partial charge < -0.3 is 10.1 Å². The number of nitrogens with zero attached hydrogens (tertiary/aromatic N) is 1. The maximum absolute atomic E-state index is 10.4. The summed E-state index contributed by atoms with van der Waals surface area (Å²) in [6.45, 7) is 1.71. The lowest BCUT2D eigenvalue weighted by molar-refractivity contribution is 0.111. The summed E-state index contributed by atoms with van der Waals surface area (Å²) < 4.78 is 5.46. The van der Waals surface area contributed by atoms with Gasteiger partial charge in [0.1, 0.15) is 12.4 Å². The van der Waals surface area contributed by atoms with Gasteiger partial charge in [-0.15, -0.1) is 0 Å². The molecule has 4 heteroatoms. The van der Waals surface area contributed by atoms with E-state index in [9.17, 15) is 4.79 Å². The lowest BCUT2D eigenvalue weighted by Gasteiger charge is -2.27. The third-order valence-electron chi connectivity index (χ3n) is 1.93. The van der Waals surface area contributed by atoms with Gasteiger partial charge in [-0.3, -0.25) is 4.79 Å². The van der Waals surface area contributed by atoms with E-state index in [1.807, 2.05) is 0 Å². The fourth-order valence-corrected chi connectivity index (χ4v) is 1.08. The van der Waals surface area contributed by atoms with Gasteiger partial charge in [0.05, 0.1) is 0 Å². The van der Waals surface area contributed by atoms with Gasteiger partial charge in [0, 0.05) is 30.9 Å². The molecule has 0 amide bonds. The Morgan fingerprint density at radius 1 is 1.62 bits per heavy atom. The largest absolute Gasteiger partial charge is 0.472 e. The molecule has 68 valence electrons. The first-order chi connectivity index (χ1) is 6.38. The standard InChI is InChI=1S/C9H10N2O2/c12-6-7-1-2-11-9(3-7)13-8-4-10-5-8/h1-3,6,8,10H,4-5H2. The highest BCUT2D eigenvalue weighted by molar-refractivity contribution is 5.74. The molecule has 2 heterocycles. The molecule has 13 heavy (non-hydrogen) atoms. The van der Waals surface area contributed by atoms with Gasteiger partial charge >= 0.3 is 0 Å². The molecule has 4 nitrogen and oxygen atoms in total. The van der Waals surface area contributed by atoms with Crippen molar-refractivity contribution in [1.29, 1.82) is 0 Å². The summed E-state index contributed by atoms with van der Waals surface area (Å²) in [6.07, 6.45) is 2.56. The topological polar surface area (TPSA) is 51.2 Å².